The van der Waals surface area contributed by atoms with Crippen molar-refractivity contribution in [3.63, 3.8) is 0 Å². The second-order valence-electron chi connectivity index (χ2n) is 7.06. The number of hydrogen-bond acceptors (Lipinski definition) is 4. The van der Waals surface area contributed by atoms with Crippen molar-refractivity contribution in [3.8, 4) is 0 Å². The lowest BCUT2D eigenvalue weighted by atomic mass is 9.87. The van der Waals surface area contributed by atoms with E-state index in [2.05, 4.69) is 55.4 Å². The van der Waals surface area contributed by atoms with Crippen LogP contribution in [0.5, 0.6) is 0 Å². The molecule has 1 saturated heterocycles. The van der Waals surface area contributed by atoms with Gasteiger partial charge in [0.25, 0.3) is 0 Å². The number of nitrogens with zero attached hydrogens (tertiary/aromatic N) is 5. The number of nitrogens with one attached hydrogen (secondary N) is 1. The Bertz CT molecular complexity index is 835. The van der Waals surface area contributed by atoms with E-state index in [1.165, 1.54) is 24.2 Å². The average molecular weight is 338 g/mol. The molecule has 3 aromatic rings. The molecule has 132 valence electrons. The topological polar surface area (TPSA) is 50.4 Å². The van der Waals surface area contributed by atoms with Crippen LogP contribution in [0.15, 0.2) is 43.1 Å². The van der Waals surface area contributed by atoms with E-state index in [4.69, 9.17) is 0 Å². The second kappa shape index (κ2) is 6.98. The van der Waals surface area contributed by atoms with Gasteiger partial charge >= 0.3 is 0 Å². The highest BCUT2D eigenvalue weighted by Crippen LogP contribution is 2.34. The summed E-state index contributed by atoms with van der Waals surface area (Å²) < 4.78 is 4.31. The minimum Gasteiger partial charge on any atom is -0.336 e. The van der Waals surface area contributed by atoms with Crippen LogP contribution in [-0.4, -0.2) is 44.0 Å². The molecule has 25 heavy (non-hydrogen) atoms. The lowest BCUT2D eigenvalue weighted by Crippen LogP contribution is -2.41. The summed E-state index contributed by atoms with van der Waals surface area (Å²) in [5.74, 6) is 0.594. The number of hydrogen-bond donors (Lipinski definition) is 1. The third-order valence-corrected chi connectivity index (χ3v) is 5.39. The normalized spacial score (nSPS) is 21.8. The van der Waals surface area contributed by atoms with Crippen molar-refractivity contribution < 1.29 is 0 Å². The Morgan fingerprint density at radius 2 is 2.20 bits per heavy atom. The highest BCUT2D eigenvalue weighted by atomic mass is 15.2. The number of aryl methyl sites for hydroxylation is 1. The summed E-state index contributed by atoms with van der Waals surface area (Å²) in [6, 6.07) is 6.70. The van der Waals surface area contributed by atoms with E-state index < -0.39 is 0 Å². The molecule has 0 unspecified atom stereocenters. The van der Waals surface area contributed by atoms with Crippen LogP contribution in [0.3, 0.4) is 0 Å². The van der Waals surface area contributed by atoms with Crippen LogP contribution in [0.2, 0.25) is 0 Å². The van der Waals surface area contributed by atoms with E-state index in [1.807, 2.05) is 31.0 Å². The van der Waals surface area contributed by atoms with Crippen LogP contribution in [0.25, 0.3) is 5.65 Å². The van der Waals surface area contributed by atoms with Crippen molar-refractivity contribution >= 4 is 5.65 Å². The Balaban J connectivity index is 1.45. The molecule has 3 aromatic heterocycles. The fraction of sp³-hybridized carbons (Fsp3) is 0.474. The van der Waals surface area contributed by atoms with Crippen LogP contribution in [0, 0.1) is 5.92 Å². The molecule has 0 radical (unpaired) electrons. The number of rotatable bonds is 5. The van der Waals surface area contributed by atoms with Crippen molar-refractivity contribution in [2.45, 2.75) is 25.4 Å². The Morgan fingerprint density at radius 3 is 3.04 bits per heavy atom. The van der Waals surface area contributed by atoms with E-state index in [9.17, 15) is 0 Å². The van der Waals surface area contributed by atoms with Gasteiger partial charge in [-0.1, -0.05) is 6.07 Å². The van der Waals surface area contributed by atoms with Gasteiger partial charge in [-0.3, -0.25) is 4.90 Å². The molecular weight excluding hydrogens is 312 g/mol. The first-order chi connectivity index (χ1) is 12.2. The van der Waals surface area contributed by atoms with Crippen molar-refractivity contribution in [3.05, 3.63) is 54.5 Å². The predicted molar refractivity (Wildman–Crippen MR) is 98.2 cm³/mol. The number of imidazole rings is 2. The smallest absolute Gasteiger partial charge is 0.136 e. The summed E-state index contributed by atoms with van der Waals surface area (Å²) in [5.41, 5.74) is 3.56. The molecule has 0 amide bonds. The van der Waals surface area contributed by atoms with Gasteiger partial charge in [0, 0.05) is 44.4 Å². The van der Waals surface area contributed by atoms with Crippen LogP contribution in [0.1, 0.15) is 30.3 Å². The fourth-order valence-electron chi connectivity index (χ4n) is 4.13. The zero-order valence-corrected chi connectivity index (χ0v) is 15.0. The molecule has 0 saturated carbocycles. The van der Waals surface area contributed by atoms with Gasteiger partial charge in [0.15, 0.2) is 0 Å². The van der Waals surface area contributed by atoms with Gasteiger partial charge in [-0.05, 0) is 44.5 Å². The molecule has 4 heterocycles. The maximum absolute atomic E-state index is 4.36. The van der Waals surface area contributed by atoms with E-state index in [0.29, 0.717) is 12.0 Å². The maximum Gasteiger partial charge on any atom is 0.136 e. The van der Waals surface area contributed by atoms with Crippen molar-refractivity contribution in [2.75, 3.05) is 20.1 Å². The molecule has 0 bridgehead atoms. The molecule has 1 aliphatic heterocycles. The summed E-state index contributed by atoms with van der Waals surface area (Å²) in [6.07, 6.45) is 10.3. The number of pyridine rings is 1. The Kier molecular flexibility index (Phi) is 4.55. The van der Waals surface area contributed by atoms with Crippen LogP contribution < -0.4 is 5.32 Å². The molecule has 0 aliphatic carbocycles. The van der Waals surface area contributed by atoms with Crippen molar-refractivity contribution in [1.29, 1.82) is 0 Å². The van der Waals surface area contributed by atoms with Gasteiger partial charge in [-0.25, -0.2) is 9.97 Å². The molecule has 0 aromatic carbocycles. The average Bonchev–Trinajstić information content (AvgIpc) is 3.24. The number of likely N-dealkylation sites (tertiary alicyclic amines) is 1. The molecule has 2 atom stereocenters. The second-order valence-corrected chi connectivity index (χ2v) is 7.06. The SMILES string of the molecule is CN1CCC[C@@H](CNCc2cccc3nccn23)[C@@H]1c1cncn1C. The molecule has 4 rings (SSSR count). The van der Waals surface area contributed by atoms with E-state index >= 15 is 0 Å². The van der Waals surface area contributed by atoms with Gasteiger partial charge in [0.1, 0.15) is 5.65 Å². The quantitative estimate of drug-likeness (QED) is 0.775. The Morgan fingerprint density at radius 1 is 1.28 bits per heavy atom. The summed E-state index contributed by atoms with van der Waals surface area (Å²) in [7, 11) is 4.32. The molecule has 1 aliphatic rings. The highest BCUT2D eigenvalue weighted by Gasteiger charge is 2.31. The summed E-state index contributed by atoms with van der Waals surface area (Å²) >= 11 is 0. The van der Waals surface area contributed by atoms with Gasteiger partial charge in [0.2, 0.25) is 0 Å². The predicted octanol–water partition coefficient (Wildman–Crippen LogP) is 2.24. The van der Waals surface area contributed by atoms with Gasteiger partial charge in [0.05, 0.1) is 18.1 Å². The Hall–Kier alpha value is -2.18. The Labute approximate surface area is 148 Å². The summed E-state index contributed by atoms with van der Waals surface area (Å²) in [4.78, 5) is 11.2. The van der Waals surface area contributed by atoms with Crippen molar-refractivity contribution in [2.24, 2.45) is 13.0 Å². The van der Waals surface area contributed by atoms with E-state index in [0.717, 1.165) is 25.3 Å². The summed E-state index contributed by atoms with van der Waals surface area (Å²) in [6.45, 7) is 3.01. The highest BCUT2D eigenvalue weighted by molar-refractivity contribution is 5.39. The molecule has 6 heteroatoms. The minimum atomic E-state index is 0.429. The first kappa shape index (κ1) is 16.3. The van der Waals surface area contributed by atoms with Crippen molar-refractivity contribution in [1.82, 2.24) is 29.2 Å². The zero-order chi connectivity index (χ0) is 17.2. The first-order valence-electron chi connectivity index (χ1n) is 9.02. The largest absolute Gasteiger partial charge is 0.336 e. The van der Waals surface area contributed by atoms with Gasteiger partial charge in [-0.15, -0.1) is 0 Å². The minimum absolute atomic E-state index is 0.429. The molecular formula is C19H26N6. The number of piperidine rings is 1. The van der Waals surface area contributed by atoms with E-state index in [1.54, 1.807) is 0 Å². The molecule has 0 spiro atoms. The number of fused-ring (bicyclic) bond motifs is 1. The standard InChI is InChI=1S/C19H26N6/c1-23-9-4-5-15(19(23)17-13-21-14-24(17)2)11-20-12-16-6-3-7-18-22-8-10-25(16)18/h3,6-8,10,13-15,19-20H,4-5,9,11-12H2,1-2H3/t15-,19+/m0/s1. The van der Waals surface area contributed by atoms with Crippen LogP contribution >= 0.6 is 0 Å². The van der Waals surface area contributed by atoms with Crippen LogP contribution in [0.4, 0.5) is 0 Å². The third-order valence-electron chi connectivity index (χ3n) is 5.39. The lowest BCUT2D eigenvalue weighted by molar-refractivity contribution is 0.113. The number of aromatic nitrogens is 4. The monoisotopic (exact) mass is 338 g/mol. The zero-order valence-electron chi connectivity index (χ0n) is 15.0. The van der Waals surface area contributed by atoms with Gasteiger partial charge in [-0.2, -0.15) is 0 Å². The third kappa shape index (κ3) is 3.19. The molecule has 1 fully saturated rings. The van der Waals surface area contributed by atoms with Gasteiger partial charge < -0.3 is 14.3 Å². The summed E-state index contributed by atoms with van der Waals surface area (Å²) in [5, 5.41) is 3.68. The lowest BCUT2D eigenvalue weighted by Gasteiger charge is -2.39. The fourth-order valence-corrected chi connectivity index (χ4v) is 4.13. The molecule has 6 nitrogen and oxygen atoms in total. The first-order valence-corrected chi connectivity index (χ1v) is 9.02. The van der Waals surface area contributed by atoms with E-state index in [-0.39, 0.29) is 0 Å². The maximum atomic E-state index is 4.36. The molecule has 1 N–H and O–H groups in total. The van der Waals surface area contributed by atoms with Crippen LogP contribution in [-0.2, 0) is 13.6 Å².